The molecular weight excluding hydrogens is 275 g/mol. The number of H-pyrrole nitrogens is 1. The van der Waals surface area contributed by atoms with E-state index in [2.05, 4.69) is 4.98 Å². The van der Waals surface area contributed by atoms with Gasteiger partial charge in [0.25, 0.3) is 5.56 Å². The molecule has 0 aliphatic carbocycles. The van der Waals surface area contributed by atoms with Crippen LogP contribution in [0.3, 0.4) is 0 Å². The maximum absolute atomic E-state index is 14.8. The monoisotopic (exact) mass is 284 g/mol. The minimum absolute atomic E-state index is 0.0239. The first-order valence-corrected chi connectivity index (χ1v) is 5.82. The van der Waals surface area contributed by atoms with Crippen LogP contribution in [0.5, 0.6) is 0 Å². The smallest absolute Gasteiger partial charge is 0.251 e. The Balaban J connectivity index is 2.09. The molecule has 8 heteroatoms. The Labute approximate surface area is 111 Å². The van der Waals surface area contributed by atoms with Crippen LogP contribution in [-0.2, 0) is 9.47 Å². The molecule has 2 fully saturated rings. The van der Waals surface area contributed by atoms with Gasteiger partial charge in [-0.25, -0.2) is 4.39 Å². The highest BCUT2D eigenvalue weighted by Gasteiger charge is 2.78. The van der Waals surface area contributed by atoms with E-state index < -0.39 is 36.0 Å². The van der Waals surface area contributed by atoms with Gasteiger partial charge in [-0.3, -0.25) is 14.3 Å². The predicted octanol–water partition coefficient (Wildman–Crippen LogP) is -0.136. The molecule has 3 rings (SSSR count). The Morgan fingerprint density at radius 3 is 3.00 bits per heavy atom. The van der Waals surface area contributed by atoms with E-state index in [4.69, 9.17) is 28.1 Å². The number of hydrogen-bond acceptors (Lipinski definition) is 5. The minimum Gasteiger partial charge on any atom is -0.391 e. The number of hydrogen-bond donors (Lipinski definition) is 2. The molecule has 6 nitrogen and oxygen atoms in total. The summed E-state index contributed by atoms with van der Waals surface area (Å²) in [5.41, 5.74) is -2.68. The summed E-state index contributed by atoms with van der Waals surface area (Å²) in [6.45, 7) is -0.516. The van der Waals surface area contributed by atoms with Gasteiger partial charge in [-0.1, -0.05) is 5.92 Å². The molecule has 2 unspecified atom stereocenters. The molecule has 1 aromatic heterocycles. The number of fused-ring (bicyclic) bond motifs is 1. The van der Waals surface area contributed by atoms with Crippen molar-refractivity contribution in [3.8, 4) is 12.3 Å². The summed E-state index contributed by atoms with van der Waals surface area (Å²) in [5.74, 6) is 0.574. The first-order chi connectivity index (χ1) is 8.97. The van der Waals surface area contributed by atoms with Gasteiger partial charge in [0.05, 0.1) is 0 Å². The lowest BCUT2D eigenvalue weighted by Gasteiger charge is -2.25. The van der Waals surface area contributed by atoms with E-state index in [1.807, 2.05) is 5.92 Å². The van der Waals surface area contributed by atoms with Gasteiger partial charge in [0.2, 0.25) is 11.5 Å². The van der Waals surface area contributed by atoms with Crippen molar-refractivity contribution in [2.24, 2.45) is 0 Å². The molecule has 0 radical (unpaired) electrons. The van der Waals surface area contributed by atoms with Crippen LogP contribution in [0, 0.1) is 17.1 Å². The fraction of sp³-hybridized carbons (Fsp3) is 0.455. The van der Waals surface area contributed by atoms with E-state index in [1.165, 1.54) is 16.8 Å². The van der Waals surface area contributed by atoms with Crippen LogP contribution in [0.1, 0.15) is 6.23 Å². The van der Waals surface area contributed by atoms with Crippen LogP contribution >= 0.6 is 12.2 Å². The van der Waals surface area contributed by atoms with E-state index >= 15 is 0 Å². The second kappa shape index (κ2) is 3.74. The van der Waals surface area contributed by atoms with Gasteiger partial charge in [0.15, 0.2) is 17.1 Å². The Hall–Kier alpha value is -1.53. The van der Waals surface area contributed by atoms with E-state index in [-0.39, 0.29) is 4.77 Å². The summed E-state index contributed by atoms with van der Waals surface area (Å²) in [7, 11) is 0. The zero-order valence-corrected chi connectivity index (χ0v) is 10.3. The van der Waals surface area contributed by atoms with Gasteiger partial charge in [-0.2, -0.15) is 0 Å². The number of aliphatic hydroxyl groups excluding tert-OH is 1. The Kier molecular flexibility index (Phi) is 2.46. The average molecular weight is 284 g/mol. The highest BCUT2D eigenvalue weighted by Crippen LogP contribution is 2.58. The fourth-order valence-corrected chi connectivity index (χ4v) is 2.50. The molecule has 100 valence electrons. The number of ether oxygens (including phenoxy) is 2. The Morgan fingerprint density at radius 1 is 1.68 bits per heavy atom. The first-order valence-electron chi connectivity index (χ1n) is 5.41. The van der Waals surface area contributed by atoms with E-state index in [9.17, 15) is 14.3 Å². The molecule has 4 atom stereocenters. The van der Waals surface area contributed by atoms with Crippen molar-refractivity contribution in [1.82, 2.24) is 9.55 Å². The van der Waals surface area contributed by atoms with Crippen LogP contribution in [-0.4, -0.2) is 38.8 Å². The minimum atomic E-state index is -2.26. The maximum Gasteiger partial charge on any atom is 0.251 e. The Morgan fingerprint density at radius 2 is 2.42 bits per heavy atom. The summed E-state index contributed by atoms with van der Waals surface area (Å²) >= 11 is 4.94. The summed E-state index contributed by atoms with van der Waals surface area (Å²) in [6.07, 6.45) is 4.20. The summed E-state index contributed by atoms with van der Waals surface area (Å²) in [4.78, 5) is 13.4. The molecule has 2 saturated heterocycles. The number of alkyl halides is 1. The summed E-state index contributed by atoms with van der Waals surface area (Å²) in [6, 6.07) is 1.17. The van der Waals surface area contributed by atoms with Gasteiger partial charge in [0, 0.05) is 12.3 Å². The standard InChI is InChI=1S/C11H9FN2O4S/c1-2-10(12)7-11(5-15,17-7)18-8(10)14-4-3-6(16)13-9(14)19/h1,3-4,7-8,15H,5H2,(H,13,16,19)/t7-,8-,10?,11?/m1/s1. The summed E-state index contributed by atoms with van der Waals surface area (Å²) < 4.78 is 26.3. The molecule has 2 N–H and O–H groups in total. The fourth-order valence-electron chi connectivity index (χ4n) is 2.24. The van der Waals surface area contributed by atoms with Crippen LogP contribution in [0.4, 0.5) is 4.39 Å². The molecule has 2 aliphatic heterocycles. The van der Waals surface area contributed by atoms with E-state index in [1.54, 1.807) is 0 Å². The van der Waals surface area contributed by atoms with E-state index in [0.29, 0.717) is 0 Å². The molecule has 0 aromatic carbocycles. The average Bonchev–Trinajstić information content (AvgIpc) is 3.06. The molecular formula is C11H9FN2O4S. The molecule has 19 heavy (non-hydrogen) atoms. The number of aliphatic hydroxyl groups is 1. The van der Waals surface area contributed by atoms with Crippen LogP contribution < -0.4 is 5.56 Å². The summed E-state index contributed by atoms with van der Waals surface area (Å²) in [5, 5.41) is 9.19. The lowest BCUT2D eigenvalue weighted by molar-refractivity contribution is -0.165. The van der Waals surface area contributed by atoms with Crippen LogP contribution in [0.15, 0.2) is 17.1 Å². The van der Waals surface area contributed by atoms with Crippen molar-refractivity contribution in [2.45, 2.75) is 23.8 Å². The number of terminal acetylenes is 1. The lowest BCUT2D eigenvalue weighted by atomic mass is 10.0. The van der Waals surface area contributed by atoms with Gasteiger partial charge in [-0.15, -0.1) is 6.42 Å². The van der Waals surface area contributed by atoms with Gasteiger partial charge in [-0.05, 0) is 12.2 Å². The third-order valence-corrected chi connectivity index (χ3v) is 3.57. The molecule has 0 spiro atoms. The van der Waals surface area contributed by atoms with Crippen LogP contribution in [0.2, 0.25) is 0 Å². The SMILES string of the molecule is C#CC1(F)[C@H](n2ccc(=O)[nH]c2=S)OC2(CO)O[C@@H]21. The van der Waals surface area contributed by atoms with Gasteiger partial charge in [0.1, 0.15) is 6.61 Å². The topological polar surface area (TPSA) is 79.8 Å². The zero-order valence-electron chi connectivity index (χ0n) is 9.50. The quantitative estimate of drug-likeness (QED) is 0.449. The molecule has 0 bridgehead atoms. The van der Waals surface area contributed by atoms with Crippen molar-refractivity contribution in [1.29, 1.82) is 0 Å². The second-order valence-electron chi connectivity index (χ2n) is 4.37. The van der Waals surface area contributed by atoms with Crippen molar-refractivity contribution in [3.63, 3.8) is 0 Å². The van der Waals surface area contributed by atoms with Crippen LogP contribution in [0.25, 0.3) is 0 Å². The number of epoxide rings is 1. The zero-order chi connectivity index (χ0) is 13.8. The van der Waals surface area contributed by atoms with Gasteiger partial charge < -0.3 is 14.6 Å². The number of aromatic nitrogens is 2. The number of nitrogens with one attached hydrogen (secondary N) is 1. The molecule has 0 saturated carbocycles. The predicted molar refractivity (Wildman–Crippen MR) is 63.4 cm³/mol. The first kappa shape index (κ1) is 12.5. The highest BCUT2D eigenvalue weighted by atomic mass is 32.1. The lowest BCUT2D eigenvalue weighted by Crippen LogP contribution is -2.36. The third-order valence-electron chi connectivity index (χ3n) is 3.26. The number of aromatic amines is 1. The van der Waals surface area contributed by atoms with E-state index in [0.717, 1.165) is 0 Å². The number of nitrogens with zero attached hydrogens (tertiary/aromatic N) is 1. The molecule has 2 aliphatic rings. The number of rotatable bonds is 2. The van der Waals surface area contributed by atoms with Crippen molar-refractivity contribution < 1.29 is 19.0 Å². The number of halogens is 1. The van der Waals surface area contributed by atoms with Crippen molar-refractivity contribution in [3.05, 3.63) is 27.4 Å². The molecule has 0 amide bonds. The third kappa shape index (κ3) is 1.53. The van der Waals surface area contributed by atoms with Crippen molar-refractivity contribution >= 4 is 12.2 Å². The maximum atomic E-state index is 14.8. The normalized spacial score (nSPS) is 39.6. The Bertz CT molecular complexity index is 695. The van der Waals surface area contributed by atoms with Crippen molar-refractivity contribution in [2.75, 3.05) is 6.61 Å². The van der Waals surface area contributed by atoms with Gasteiger partial charge >= 0.3 is 0 Å². The highest BCUT2D eigenvalue weighted by molar-refractivity contribution is 7.71. The second-order valence-corrected chi connectivity index (χ2v) is 4.75. The largest absolute Gasteiger partial charge is 0.391 e. The molecule has 1 aromatic rings. The molecule has 3 heterocycles.